The number of alkyl carbamates (subject to hydrolysis) is 1. The van der Waals surface area contributed by atoms with Gasteiger partial charge in [-0.05, 0) is 50.5 Å². The minimum absolute atomic E-state index is 0.00883. The summed E-state index contributed by atoms with van der Waals surface area (Å²) in [6, 6.07) is 14.9. The van der Waals surface area contributed by atoms with E-state index in [0.717, 1.165) is 27.6 Å². The first-order valence-electron chi connectivity index (χ1n) is 12.8. The van der Waals surface area contributed by atoms with Crippen molar-refractivity contribution in [2.24, 2.45) is 17.8 Å². The second-order valence-corrected chi connectivity index (χ2v) is 12.7. The van der Waals surface area contributed by atoms with Crippen LogP contribution in [0, 0.1) is 24.7 Å². The van der Waals surface area contributed by atoms with Gasteiger partial charge in [0.15, 0.2) is 0 Å². The van der Waals surface area contributed by atoms with Crippen LogP contribution in [0.1, 0.15) is 24.8 Å². The number of rotatable bonds is 5. The van der Waals surface area contributed by atoms with Gasteiger partial charge in [0.2, 0.25) is 21.8 Å². The molecule has 0 radical (unpaired) electrons. The minimum Gasteiger partial charge on any atom is -0.443 e. The number of carbonyl (C=O) groups is 3. The van der Waals surface area contributed by atoms with Gasteiger partial charge < -0.3 is 15.2 Å². The van der Waals surface area contributed by atoms with E-state index in [1.165, 1.54) is 12.1 Å². The topological polar surface area (TPSA) is 133 Å². The Labute approximate surface area is 220 Å². The number of ether oxygens (including phenoxy) is 1. The maximum atomic E-state index is 13.7. The quantitative estimate of drug-likeness (QED) is 0.554. The summed E-state index contributed by atoms with van der Waals surface area (Å²) in [5, 5.41) is 14.7. The molecule has 2 N–H and O–H groups in total. The van der Waals surface area contributed by atoms with Crippen LogP contribution in [0.4, 0.5) is 10.5 Å². The number of nitrogens with one attached hydrogen (secondary N) is 1. The summed E-state index contributed by atoms with van der Waals surface area (Å²) in [5.74, 6) is -3.66. The fourth-order valence-corrected chi connectivity index (χ4v) is 7.58. The lowest BCUT2D eigenvalue weighted by atomic mass is 9.65. The molecule has 2 aliphatic heterocycles. The predicted molar refractivity (Wildman–Crippen MR) is 135 cm³/mol. The smallest absolute Gasteiger partial charge is 0.407 e. The highest BCUT2D eigenvalue weighted by molar-refractivity contribution is 7.89. The Hall–Kier alpha value is -3.28. The van der Waals surface area contributed by atoms with E-state index in [-0.39, 0.29) is 30.4 Å². The third-order valence-corrected chi connectivity index (χ3v) is 10.1. The van der Waals surface area contributed by atoms with Crippen LogP contribution < -0.4 is 10.2 Å². The van der Waals surface area contributed by atoms with Crippen LogP contribution in [-0.4, -0.2) is 66.6 Å². The molecule has 200 valence electrons. The Balaban J connectivity index is 1.37. The summed E-state index contributed by atoms with van der Waals surface area (Å²) in [6.45, 7) is 1.31. The number of amides is 3. The van der Waals surface area contributed by atoms with E-state index < -0.39 is 57.4 Å². The van der Waals surface area contributed by atoms with Gasteiger partial charge in [0.25, 0.3) is 0 Å². The van der Waals surface area contributed by atoms with Crippen molar-refractivity contribution in [3.8, 4) is 0 Å². The number of aryl methyl sites for hydroxylation is 1. The van der Waals surface area contributed by atoms with Gasteiger partial charge in [0.05, 0.1) is 22.4 Å². The van der Waals surface area contributed by atoms with Crippen molar-refractivity contribution in [1.82, 2.24) is 9.62 Å². The molecule has 2 saturated heterocycles. The second-order valence-electron chi connectivity index (χ2n) is 10.7. The SMILES string of the molecule is Cc1ccc(S(=O)(=O)N2C[C@H]3[C@H]4C(=O)N(c5ccccc5)C(=O)[C@H]4C[C@H](OC(=O)NC4CC4)[C@@]3(O)C2)cc1. The first-order valence-corrected chi connectivity index (χ1v) is 14.2. The molecular weight excluding hydrogens is 510 g/mol. The van der Waals surface area contributed by atoms with E-state index in [1.807, 2.05) is 6.92 Å². The first-order chi connectivity index (χ1) is 18.1. The van der Waals surface area contributed by atoms with Gasteiger partial charge in [-0.2, -0.15) is 4.31 Å². The molecule has 5 atom stereocenters. The summed E-state index contributed by atoms with van der Waals surface area (Å²) in [6.07, 6.45) is -0.308. The fraction of sp³-hybridized carbons (Fsp3) is 0.444. The van der Waals surface area contributed by atoms with Crippen molar-refractivity contribution >= 4 is 33.6 Å². The molecule has 4 aliphatic rings. The molecule has 0 aromatic heterocycles. The van der Waals surface area contributed by atoms with Gasteiger partial charge in [-0.25, -0.2) is 13.2 Å². The van der Waals surface area contributed by atoms with Crippen LogP contribution in [0.3, 0.4) is 0 Å². The molecule has 2 aromatic carbocycles. The zero-order valence-electron chi connectivity index (χ0n) is 20.8. The molecule has 2 aliphatic carbocycles. The Morgan fingerprint density at radius 1 is 1.05 bits per heavy atom. The number of aliphatic hydroxyl groups is 1. The number of sulfonamides is 1. The number of anilines is 1. The van der Waals surface area contributed by atoms with Crippen LogP contribution >= 0.6 is 0 Å². The highest BCUT2D eigenvalue weighted by Crippen LogP contribution is 2.52. The van der Waals surface area contributed by atoms with Gasteiger partial charge in [-0.15, -0.1) is 0 Å². The third kappa shape index (κ3) is 4.00. The van der Waals surface area contributed by atoms with Crippen molar-refractivity contribution in [2.45, 2.75) is 48.8 Å². The maximum Gasteiger partial charge on any atom is 0.407 e. The fourth-order valence-electron chi connectivity index (χ4n) is 6.07. The van der Waals surface area contributed by atoms with Crippen molar-refractivity contribution < 1.29 is 32.6 Å². The average Bonchev–Trinajstić information content (AvgIpc) is 3.56. The maximum absolute atomic E-state index is 13.7. The van der Waals surface area contributed by atoms with Crippen molar-refractivity contribution in [3.63, 3.8) is 0 Å². The molecule has 11 heteroatoms. The number of benzene rings is 2. The van der Waals surface area contributed by atoms with Crippen molar-refractivity contribution in [3.05, 3.63) is 60.2 Å². The van der Waals surface area contributed by atoms with Gasteiger partial charge in [-0.3, -0.25) is 14.5 Å². The molecule has 2 saturated carbocycles. The molecular formula is C27H29N3O7S. The number of hydrogen-bond donors (Lipinski definition) is 2. The summed E-state index contributed by atoms with van der Waals surface area (Å²) in [4.78, 5) is 41.0. The standard InChI is InChI=1S/C27H29N3O7S/c1-16-7-11-19(12-8-16)38(35,36)29-14-21-23-20(24(31)30(25(23)32)18-5-3-2-4-6-18)13-22(27(21,34)15-29)37-26(33)28-17-9-10-17/h2-8,11-12,17,20-23,34H,9-10,13-15H2,1H3,(H,28,33)/t20-,21-,22-,23-,27+/m0/s1. The lowest BCUT2D eigenvalue weighted by Gasteiger charge is -2.44. The predicted octanol–water partition coefficient (Wildman–Crippen LogP) is 1.81. The van der Waals surface area contributed by atoms with Crippen LogP contribution in [0.2, 0.25) is 0 Å². The van der Waals surface area contributed by atoms with Gasteiger partial charge in [0.1, 0.15) is 11.7 Å². The number of hydrogen-bond acceptors (Lipinski definition) is 7. The van der Waals surface area contributed by atoms with Gasteiger partial charge in [-0.1, -0.05) is 35.9 Å². The molecule has 10 nitrogen and oxygen atoms in total. The first kappa shape index (κ1) is 25.0. The monoisotopic (exact) mass is 539 g/mol. The van der Waals surface area contributed by atoms with Gasteiger partial charge >= 0.3 is 6.09 Å². The molecule has 2 heterocycles. The average molecular weight is 540 g/mol. The highest BCUT2D eigenvalue weighted by atomic mass is 32.2. The van der Waals surface area contributed by atoms with E-state index in [0.29, 0.717) is 5.69 Å². The van der Waals surface area contributed by atoms with Crippen LogP contribution in [-0.2, 0) is 24.3 Å². The Bertz CT molecular complexity index is 1390. The molecule has 0 bridgehead atoms. The molecule has 0 unspecified atom stereocenters. The Morgan fingerprint density at radius 2 is 1.74 bits per heavy atom. The van der Waals surface area contributed by atoms with Crippen molar-refractivity contribution in [1.29, 1.82) is 0 Å². The number of β-amino-alcohol motifs (C(OH)–C–C–N with tert-alkyl or cyclic N) is 1. The summed E-state index contributed by atoms with van der Waals surface area (Å²) < 4.78 is 34.0. The zero-order valence-corrected chi connectivity index (χ0v) is 21.6. The summed E-state index contributed by atoms with van der Waals surface area (Å²) in [5.41, 5.74) is -0.541. The number of fused-ring (bicyclic) bond motifs is 3. The molecule has 0 spiro atoms. The Kier molecular flexibility index (Phi) is 5.85. The number of nitrogens with zero attached hydrogens (tertiary/aromatic N) is 2. The minimum atomic E-state index is -4.03. The van der Waals surface area contributed by atoms with E-state index in [4.69, 9.17) is 4.74 Å². The zero-order chi connectivity index (χ0) is 26.8. The van der Waals surface area contributed by atoms with E-state index in [9.17, 15) is 27.9 Å². The molecule has 4 fully saturated rings. The number of carbonyl (C=O) groups excluding carboxylic acids is 3. The highest BCUT2D eigenvalue weighted by Gasteiger charge is 2.68. The summed E-state index contributed by atoms with van der Waals surface area (Å²) >= 11 is 0. The van der Waals surface area contributed by atoms with E-state index in [2.05, 4.69) is 5.32 Å². The third-order valence-electron chi connectivity index (χ3n) is 8.23. The number of para-hydroxylation sites is 1. The lowest BCUT2D eigenvalue weighted by molar-refractivity contribution is -0.156. The van der Waals surface area contributed by atoms with E-state index >= 15 is 0 Å². The second kappa shape index (κ2) is 8.89. The largest absolute Gasteiger partial charge is 0.443 e. The number of imide groups is 1. The van der Waals surface area contributed by atoms with Crippen molar-refractivity contribution in [2.75, 3.05) is 18.0 Å². The molecule has 3 amide bonds. The van der Waals surface area contributed by atoms with E-state index in [1.54, 1.807) is 42.5 Å². The van der Waals surface area contributed by atoms with Crippen LogP contribution in [0.15, 0.2) is 59.5 Å². The molecule has 38 heavy (non-hydrogen) atoms. The Morgan fingerprint density at radius 3 is 2.39 bits per heavy atom. The lowest BCUT2D eigenvalue weighted by Crippen LogP contribution is -2.59. The van der Waals surface area contributed by atoms with Crippen LogP contribution in [0.5, 0.6) is 0 Å². The molecule has 6 rings (SSSR count). The van der Waals surface area contributed by atoms with Gasteiger partial charge in [0, 0.05) is 25.0 Å². The van der Waals surface area contributed by atoms with Crippen LogP contribution in [0.25, 0.3) is 0 Å². The summed E-state index contributed by atoms with van der Waals surface area (Å²) in [7, 11) is -4.03. The normalized spacial score (nSPS) is 31.2. The molecule has 2 aromatic rings.